The van der Waals surface area contributed by atoms with Gasteiger partial charge in [-0.3, -0.25) is 4.79 Å². The fraction of sp³-hybridized carbons (Fsp3) is 0.269. The summed E-state index contributed by atoms with van der Waals surface area (Å²) in [5.74, 6) is 0.515. The van der Waals surface area contributed by atoms with Crippen molar-refractivity contribution in [2.75, 3.05) is 5.32 Å². The molecular weight excluding hydrogens is 342 g/mol. The van der Waals surface area contributed by atoms with E-state index in [1.165, 1.54) is 27.8 Å². The molecule has 1 amide bonds. The van der Waals surface area contributed by atoms with Crippen LogP contribution in [-0.2, 0) is 11.2 Å². The van der Waals surface area contributed by atoms with E-state index in [9.17, 15) is 4.79 Å². The smallest absolute Gasteiger partial charge is 0.231 e. The van der Waals surface area contributed by atoms with E-state index < -0.39 is 5.41 Å². The van der Waals surface area contributed by atoms with Crippen LogP contribution in [-0.4, -0.2) is 5.91 Å². The van der Waals surface area contributed by atoms with E-state index in [-0.39, 0.29) is 17.7 Å². The first-order valence-corrected chi connectivity index (χ1v) is 10.2. The lowest BCUT2D eigenvalue weighted by Crippen LogP contribution is -2.47. The number of hydrogen-bond acceptors (Lipinski definition) is 1. The normalized spacial score (nSPS) is 24.4. The standard InChI is InChI=1S/C26H25NO/c1-3-17-10-4-9-15-23(17)27-25(28)26(2)16-22-18-11-5-7-13-20(18)24(26)21-14-8-6-12-19(21)22/h4-15,22,24H,3,16H2,1-2H3,(H,27,28)/t22?,24?,26-/m1/s1. The minimum Gasteiger partial charge on any atom is -0.325 e. The van der Waals surface area contributed by atoms with Gasteiger partial charge in [0.2, 0.25) is 5.91 Å². The molecule has 3 aliphatic rings. The Kier molecular flexibility index (Phi) is 3.90. The van der Waals surface area contributed by atoms with E-state index in [1.54, 1.807) is 0 Å². The number of carbonyl (C=O) groups excluding carboxylic acids is 1. The second-order valence-electron chi connectivity index (χ2n) is 8.33. The molecule has 0 aliphatic heterocycles. The molecule has 0 saturated heterocycles. The summed E-state index contributed by atoms with van der Waals surface area (Å²) in [5.41, 5.74) is 7.09. The average molecular weight is 367 g/mol. The summed E-state index contributed by atoms with van der Waals surface area (Å²) in [5, 5.41) is 3.28. The number of anilines is 1. The van der Waals surface area contributed by atoms with Crippen molar-refractivity contribution in [3.05, 3.63) is 101 Å². The van der Waals surface area contributed by atoms with Gasteiger partial charge in [-0.2, -0.15) is 0 Å². The molecule has 28 heavy (non-hydrogen) atoms. The predicted molar refractivity (Wildman–Crippen MR) is 114 cm³/mol. The van der Waals surface area contributed by atoms with Crippen molar-refractivity contribution in [3.8, 4) is 0 Å². The topological polar surface area (TPSA) is 29.1 Å². The summed E-state index contributed by atoms with van der Waals surface area (Å²) in [6.07, 6.45) is 1.76. The molecule has 0 fully saturated rings. The maximum absolute atomic E-state index is 13.7. The second-order valence-corrected chi connectivity index (χ2v) is 8.33. The van der Waals surface area contributed by atoms with Gasteiger partial charge in [0.05, 0.1) is 5.41 Å². The third-order valence-electron chi connectivity index (χ3n) is 6.80. The summed E-state index contributed by atoms with van der Waals surface area (Å²) in [6.45, 7) is 4.28. The number of rotatable bonds is 3. The highest BCUT2D eigenvalue weighted by Crippen LogP contribution is 2.61. The molecule has 0 saturated carbocycles. The number of amides is 1. The molecule has 0 radical (unpaired) electrons. The lowest BCUT2D eigenvalue weighted by atomic mass is 9.52. The quantitative estimate of drug-likeness (QED) is 0.616. The van der Waals surface area contributed by atoms with Crippen LogP contribution >= 0.6 is 0 Å². The molecule has 0 aromatic heterocycles. The molecule has 1 atom stereocenters. The van der Waals surface area contributed by atoms with E-state index in [1.807, 2.05) is 18.2 Å². The Labute approximate surface area is 166 Å². The van der Waals surface area contributed by atoms with E-state index in [4.69, 9.17) is 0 Å². The van der Waals surface area contributed by atoms with E-state index >= 15 is 0 Å². The predicted octanol–water partition coefficient (Wildman–Crippen LogP) is 5.87. The van der Waals surface area contributed by atoms with Crippen LogP contribution in [0.1, 0.15) is 59.9 Å². The molecule has 3 aliphatic carbocycles. The van der Waals surface area contributed by atoms with Gasteiger partial charge in [0.15, 0.2) is 0 Å². The molecule has 3 aromatic carbocycles. The zero-order valence-electron chi connectivity index (χ0n) is 16.4. The molecule has 2 heteroatoms. The third-order valence-corrected chi connectivity index (χ3v) is 6.80. The number of carbonyl (C=O) groups is 1. The van der Waals surface area contributed by atoms with Gasteiger partial charge in [-0.1, -0.05) is 73.7 Å². The molecule has 6 rings (SSSR count). The Morgan fingerprint density at radius 2 is 1.43 bits per heavy atom. The highest BCUT2D eigenvalue weighted by Gasteiger charge is 2.53. The fourth-order valence-electron chi connectivity index (χ4n) is 5.40. The Balaban J connectivity index is 1.60. The Morgan fingerprint density at radius 1 is 0.893 bits per heavy atom. The lowest BCUT2D eigenvalue weighted by molar-refractivity contribution is -0.126. The van der Waals surface area contributed by atoms with Crippen molar-refractivity contribution >= 4 is 11.6 Å². The zero-order chi connectivity index (χ0) is 19.3. The molecule has 0 spiro atoms. The fourth-order valence-corrected chi connectivity index (χ4v) is 5.40. The maximum Gasteiger partial charge on any atom is 0.231 e. The molecule has 2 bridgehead atoms. The molecular formula is C26H25NO. The van der Waals surface area contributed by atoms with Crippen LogP contribution in [0.3, 0.4) is 0 Å². The Hall–Kier alpha value is -2.87. The molecule has 3 aromatic rings. The second kappa shape index (κ2) is 6.34. The summed E-state index contributed by atoms with van der Waals surface area (Å²) >= 11 is 0. The highest BCUT2D eigenvalue weighted by atomic mass is 16.2. The molecule has 0 heterocycles. The molecule has 0 unspecified atom stereocenters. The highest BCUT2D eigenvalue weighted by molar-refractivity contribution is 5.97. The van der Waals surface area contributed by atoms with Crippen LogP contribution in [0.25, 0.3) is 0 Å². The van der Waals surface area contributed by atoms with Crippen molar-refractivity contribution in [1.29, 1.82) is 0 Å². The van der Waals surface area contributed by atoms with Gasteiger partial charge >= 0.3 is 0 Å². The zero-order valence-corrected chi connectivity index (χ0v) is 16.4. The summed E-state index contributed by atoms with van der Waals surface area (Å²) < 4.78 is 0. The van der Waals surface area contributed by atoms with E-state index in [0.29, 0.717) is 0 Å². The first-order valence-electron chi connectivity index (χ1n) is 10.2. The van der Waals surface area contributed by atoms with Gasteiger partial charge in [-0.15, -0.1) is 0 Å². The number of benzene rings is 3. The Morgan fingerprint density at radius 3 is 2.04 bits per heavy atom. The Bertz CT molecular complexity index is 1020. The first kappa shape index (κ1) is 17.2. The number of para-hydroxylation sites is 1. The lowest BCUT2D eigenvalue weighted by Gasteiger charge is -2.50. The monoisotopic (exact) mass is 367 g/mol. The first-order chi connectivity index (χ1) is 13.6. The minimum absolute atomic E-state index is 0.0960. The summed E-state index contributed by atoms with van der Waals surface area (Å²) in [4.78, 5) is 13.7. The minimum atomic E-state index is -0.464. The van der Waals surface area contributed by atoms with Crippen LogP contribution in [0.15, 0.2) is 72.8 Å². The number of fused-ring (bicyclic) bond motifs is 1. The van der Waals surface area contributed by atoms with Gasteiger partial charge < -0.3 is 5.32 Å². The maximum atomic E-state index is 13.7. The van der Waals surface area contributed by atoms with Crippen molar-refractivity contribution < 1.29 is 4.79 Å². The molecule has 2 nitrogen and oxygen atoms in total. The van der Waals surface area contributed by atoms with E-state index in [0.717, 1.165) is 18.5 Å². The summed E-state index contributed by atoms with van der Waals surface area (Å²) in [6, 6.07) is 25.5. The molecule has 140 valence electrons. The van der Waals surface area contributed by atoms with Crippen molar-refractivity contribution in [2.45, 2.75) is 38.5 Å². The van der Waals surface area contributed by atoms with Crippen LogP contribution in [0.5, 0.6) is 0 Å². The molecule has 1 N–H and O–H groups in total. The van der Waals surface area contributed by atoms with Crippen molar-refractivity contribution in [1.82, 2.24) is 0 Å². The van der Waals surface area contributed by atoms with Crippen LogP contribution in [0, 0.1) is 5.41 Å². The number of aryl methyl sites for hydroxylation is 1. The largest absolute Gasteiger partial charge is 0.325 e. The third kappa shape index (κ3) is 2.37. The van der Waals surface area contributed by atoms with Gasteiger partial charge in [-0.05, 0) is 53.6 Å². The summed E-state index contributed by atoms with van der Waals surface area (Å²) in [7, 11) is 0. The van der Waals surface area contributed by atoms with Crippen LogP contribution in [0.2, 0.25) is 0 Å². The number of hydrogen-bond donors (Lipinski definition) is 1. The van der Waals surface area contributed by atoms with Crippen molar-refractivity contribution in [3.63, 3.8) is 0 Å². The van der Waals surface area contributed by atoms with Gasteiger partial charge in [0, 0.05) is 17.5 Å². The van der Waals surface area contributed by atoms with E-state index in [2.05, 4.69) is 73.8 Å². The van der Waals surface area contributed by atoms with Crippen LogP contribution in [0.4, 0.5) is 5.69 Å². The van der Waals surface area contributed by atoms with Crippen molar-refractivity contribution in [2.24, 2.45) is 5.41 Å². The SMILES string of the molecule is CCc1ccccc1NC(=O)[C@]1(C)CC2c3ccccc3C1c1ccccc12. The van der Waals surface area contributed by atoms with Crippen LogP contribution < -0.4 is 5.32 Å². The average Bonchev–Trinajstić information content (AvgIpc) is 2.74. The number of nitrogens with one attached hydrogen (secondary N) is 1. The van der Waals surface area contributed by atoms with Gasteiger partial charge in [-0.25, -0.2) is 0 Å². The van der Waals surface area contributed by atoms with Gasteiger partial charge in [0.25, 0.3) is 0 Å². The van der Waals surface area contributed by atoms with Gasteiger partial charge in [0.1, 0.15) is 0 Å².